The van der Waals surface area contributed by atoms with Gasteiger partial charge < -0.3 is 10.2 Å². The van der Waals surface area contributed by atoms with Crippen molar-refractivity contribution in [2.75, 3.05) is 5.73 Å². The van der Waals surface area contributed by atoms with Gasteiger partial charge in [0.15, 0.2) is 12.0 Å². The molecule has 0 spiro atoms. The topological polar surface area (TPSA) is 95.7 Å². The van der Waals surface area contributed by atoms with Gasteiger partial charge in [-0.1, -0.05) is 11.6 Å². The van der Waals surface area contributed by atoms with Gasteiger partial charge in [0.1, 0.15) is 22.7 Å². The number of aromatic nitrogens is 5. The molecule has 0 aliphatic heterocycles. The highest BCUT2D eigenvalue weighted by atomic mass is 35.5. The third-order valence-electron chi connectivity index (χ3n) is 3.41. The second-order valence-corrected chi connectivity index (χ2v) is 5.43. The van der Waals surface area contributed by atoms with Gasteiger partial charge in [0.05, 0.1) is 16.9 Å². The Balaban J connectivity index is 1.97. The average molecular weight is 327 g/mol. The van der Waals surface area contributed by atoms with Crippen molar-refractivity contribution < 1.29 is 4.42 Å². The highest BCUT2D eigenvalue weighted by Gasteiger charge is 2.16. The molecule has 4 rings (SSSR count). The SMILES string of the molecule is Cn1ccc(-c2nc(N)cnc2-c2cc(Cl)c3ncoc3c2)n1. The van der Waals surface area contributed by atoms with Crippen molar-refractivity contribution in [2.24, 2.45) is 7.05 Å². The predicted molar refractivity (Wildman–Crippen MR) is 86.7 cm³/mol. The van der Waals surface area contributed by atoms with Crippen molar-refractivity contribution in [3.63, 3.8) is 0 Å². The van der Waals surface area contributed by atoms with E-state index in [9.17, 15) is 0 Å². The van der Waals surface area contributed by atoms with Crippen LogP contribution < -0.4 is 5.73 Å². The molecule has 2 N–H and O–H groups in total. The Morgan fingerprint density at radius 2 is 2.09 bits per heavy atom. The van der Waals surface area contributed by atoms with Crippen LogP contribution in [-0.4, -0.2) is 24.7 Å². The van der Waals surface area contributed by atoms with Crippen LogP contribution in [0.25, 0.3) is 33.7 Å². The van der Waals surface area contributed by atoms with E-state index >= 15 is 0 Å². The molecule has 7 nitrogen and oxygen atoms in total. The number of oxazole rings is 1. The van der Waals surface area contributed by atoms with Gasteiger partial charge in [-0.25, -0.2) is 9.97 Å². The summed E-state index contributed by atoms with van der Waals surface area (Å²) in [5.74, 6) is 0.321. The summed E-state index contributed by atoms with van der Waals surface area (Å²) in [5, 5.41) is 4.86. The Kier molecular flexibility index (Phi) is 3.02. The number of aryl methyl sites for hydroxylation is 1. The lowest BCUT2D eigenvalue weighted by molar-refractivity contribution is 0.602. The van der Waals surface area contributed by atoms with Crippen LogP contribution in [0, 0.1) is 0 Å². The summed E-state index contributed by atoms with van der Waals surface area (Å²) in [7, 11) is 1.83. The first-order valence-corrected chi connectivity index (χ1v) is 7.15. The monoisotopic (exact) mass is 326 g/mol. The summed E-state index contributed by atoms with van der Waals surface area (Å²) in [6.45, 7) is 0. The highest BCUT2D eigenvalue weighted by molar-refractivity contribution is 6.35. The van der Waals surface area contributed by atoms with E-state index in [4.69, 9.17) is 21.8 Å². The molecule has 0 amide bonds. The van der Waals surface area contributed by atoms with E-state index in [2.05, 4.69) is 20.1 Å². The van der Waals surface area contributed by atoms with Crippen LogP contribution >= 0.6 is 11.6 Å². The van der Waals surface area contributed by atoms with Crippen LogP contribution in [0.3, 0.4) is 0 Å². The number of benzene rings is 1. The van der Waals surface area contributed by atoms with E-state index in [1.54, 1.807) is 10.7 Å². The molecule has 0 unspecified atom stereocenters. The fraction of sp³-hybridized carbons (Fsp3) is 0.0667. The predicted octanol–water partition coefficient (Wildman–Crippen LogP) is 2.92. The Morgan fingerprint density at radius 3 is 2.87 bits per heavy atom. The number of halogens is 1. The van der Waals surface area contributed by atoms with Gasteiger partial charge >= 0.3 is 0 Å². The molecule has 0 atom stereocenters. The molecule has 4 aromatic rings. The van der Waals surface area contributed by atoms with E-state index < -0.39 is 0 Å². The third kappa shape index (κ3) is 2.31. The van der Waals surface area contributed by atoms with Crippen LogP contribution in [0.1, 0.15) is 0 Å². The molecular weight excluding hydrogens is 316 g/mol. The maximum atomic E-state index is 6.27. The number of hydrogen-bond donors (Lipinski definition) is 1. The molecule has 0 aliphatic carbocycles. The zero-order valence-electron chi connectivity index (χ0n) is 12.1. The van der Waals surface area contributed by atoms with Gasteiger partial charge in [0, 0.05) is 18.8 Å². The maximum Gasteiger partial charge on any atom is 0.182 e. The number of nitrogens with two attached hydrogens (primary N) is 1. The van der Waals surface area contributed by atoms with Gasteiger partial charge in [-0.3, -0.25) is 9.67 Å². The quantitative estimate of drug-likeness (QED) is 0.608. The van der Waals surface area contributed by atoms with Gasteiger partial charge in [0.2, 0.25) is 0 Å². The van der Waals surface area contributed by atoms with E-state index in [1.807, 2.05) is 25.4 Å². The average Bonchev–Trinajstić information content (AvgIpc) is 3.16. The summed E-state index contributed by atoms with van der Waals surface area (Å²) >= 11 is 6.27. The number of anilines is 1. The lowest BCUT2D eigenvalue weighted by Crippen LogP contribution is -1.99. The standard InChI is InChI=1S/C15H11ClN6O/c1-22-3-2-10(21-22)15-13(18-6-12(17)20-15)8-4-9(16)14-11(5-8)23-7-19-14/h2-7H,1H3,(H2,17,20). The first-order chi connectivity index (χ1) is 11.1. The maximum absolute atomic E-state index is 6.27. The van der Waals surface area contributed by atoms with Crippen molar-refractivity contribution in [3.05, 3.63) is 42.0 Å². The van der Waals surface area contributed by atoms with Crippen molar-refractivity contribution in [1.29, 1.82) is 0 Å². The molecule has 114 valence electrons. The molecule has 0 fully saturated rings. The van der Waals surface area contributed by atoms with Crippen molar-refractivity contribution in [3.8, 4) is 22.6 Å². The molecule has 0 bridgehead atoms. The first-order valence-electron chi connectivity index (χ1n) is 6.77. The number of nitrogens with zero attached hydrogens (tertiary/aromatic N) is 5. The Morgan fingerprint density at radius 1 is 1.22 bits per heavy atom. The molecule has 3 heterocycles. The van der Waals surface area contributed by atoms with E-state index in [0.717, 1.165) is 5.56 Å². The second-order valence-electron chi connectivity index (χ2n) is 5.02. The third-order valence-corrected chi connectivity index (χ3v) is 3.70. The zero-order chi connectivity index (χ0) is 16.0. The molecule has 0 aliphatic rings. The molecule has 23 heavy (non-hydrogen) atoms. The summed E-state index contributed by atoms with van der Waals surface area (Å²) < 4.78 is 7.04. The molecule has 0 saturated carbocycles. The van der Waals surface area contributed by atoms with Crippen molar-refractivity contribution in [1.82, 2.24) is 24.7 Å². The minimum Gasteiger partial charge on any atom is -0.443 e. The summed E-state index contributed by atoms with van der Waals surface area (Å²) in [6, 6.07) is 5.45. The first kappa shape index (κ1) is 13.7. The van der Waals surface area contributed by atoms with Crippen LogP contribution in [-0.2, 0) is 7.05 Å². The highest BCUT2D eigenvalue weighted by Crippen LogP contribution is 2.33. The number of rotatable bonds is 2. The molecular formula is C15H11ClN6O. The van der Waals surface area contributed by atoms with Crippen molar-refractivity contribution in [2.45, 2.75) is 0 Å². The van der Waals surface area contributed by atoms with E-state index in [-0.39, 0.29) is 0 Å². The lowest BCUT2D eigenvalue weighted by atomic mass is 10.1. The number of fused-ring (bicyclic) bond motifs is 1. The van der Waals surface area contributed by atoms with Crippen LogP contribution in [0.2, 0.25) is 5.02 Å². The molecule has 0 saturated heterocycles. The van der Waals surface area contributed by atoms with E-state index in [0.29, 0.717) is 39.0 Å². The zero-order valence-corrected chi connectivity index (χ0v) is 12.8. The van der Waals surface area contributed by atoms with Gasteiger partial charge in [-0.15, -0.1) is 0 Å². The summed E-state index contributed by atoms with van der Waals surface area (Å²) in [6.07, 6.45) is 4.69. The molecule has 8 heteroatoms. The Hall–Kier alpha value is -2.93. The van der Waals surface area contributed by atoms with Gasteiger partial charge in [0.25, 0.3) is 0 Å². The fourth-order valence-electron chi connectivity index (χ4n) is 2.40. The lowest BCUT2D eigenvalue weighted by Gasteiger charge is -2.07. The van der Waals surface area contributed by atoms with Crippen LogP contribution in [0.5, 0.6) is 0 Å². The fourth-order valence-corrected chi connectivity index (χ4v) is 2.65. The molecule has 0 radical (unpaired) electrons. The second kappa shape index (κ2) is 5.06. The summed E-state index contributed by atoms with van der Waals surface area (Å²) in [5.41, 5.74) is 9.62. The van der Waals surface area contributed by atoms with Crippen LogP contribution in [0.4, 0.5) is 5.82 Å². The van der Waals surface area contributed by atoms with Crippen LogP contribution in [0.15, 0.2) is 41.4 Å². The molecule has 1 aromatic carbocycles. The Bertz CT molecular complexity index is 1020. The summed E-state index contributed by atoms with van der Waals surface area (Å²) in [4.78, 5) is 12.9. The largest absolute Gasteiger partial charge is 0.443 e. The smallest absolute Gasteiger partial charge is 0.182 e. The normalized spacial score (nSPS) is 11.2. The van der Waals surface area contributed by atoms with Gasteiger partial charge in [-0.2, -0.15) is 5.10 Å². The Labute approximate surface area is 135 Å². The molecule has 3 aromatic heterocycles. The number of nitrogen functional groups attached to an aromatic ring is 1. The van der Waals surface area contributed by atoms with Gasteiger partial charge in [-0.05, 0) is 18.2 Å². The van der Waals surface area contributed by atoms with Crippen molar-refractivity contribution >= 4 is 28.5 Å². The van der Waals surface area contributed by atoms with E-state index in [1.165, 1.54) is 12.6 Å². The minimum absolute atomic E-state index is 0.321. The number of hydrogen-bond acceptors (Lipinski definition) is 6. The minimum atomic E-state index is 0.321.